The van der Waals surface area contributed by atoms with Crippen molar-refractivity contribution >= 4 is 40.9 Å². The van der Waals surface area contributed by atoms with Gasteiger partial charge in [-0.25, -0.2) is 4.99 Å². The van der Waals surface area contributed by atoms with Crippen LogP contribution in [0.25, 0.3) is 0 Å². The van der Waals surface area contributed by atoms with Gasteiger partial charge in [0.15, 0.2) is 0 Å². The highest BCUT2D eigenvalue weighted by Gasteiger charge is 2.25. The second-order valence-corrected chi connectivity index (χ2v) is 8.65. The van der Waals surface area contributed by atoms with Gasteiger partial charge in [-0.2, -0.15) is 0 Å². The van der Waals surface area contributed by atoms with Gasteiger partial charge in [0.05, 0.1) is 18.9 Å². The van der Waals surface area contributed by atoms with Gasteiger partial charge in [0.1, 0.15) is 18.3 Å². The van der Waals surface area contributed by atoms with E-state index >= 15 is 0 Å². The Balaban J connectivity index is 1.32. The maximum absolute atomic E-state index is 11.0. The Morgan fingerprint density at radius 1 is 0.968 bits per heavy atom. The van der Waals surface area contributed by atoms with E-state index in [1.165, 1.54) is 15.4 Å². The minimum absolute atomic E-state index is 0.121. The highest BCUT2D eigenvalue weighted by Crippen LogP contribution is 2.40. The lowest BCUT2D eigenvalue weighted by Gasteiger charge is -2.36. The van der Waals surface area contributed by atoms with Crippen molar-refractivity contribution in [2.24, 2.45) is 4.99 Å². The van der Waals surface area contributed by atoms with Crippen LogP contribution in [0.2, 0.25) is 0 Å². The zero-order valence-electron chi connectivity index (χ0n) is 17.3. The Morgan fingerprint density at radius 3 is 2.52 bits per heavy atom. The standard InChI is InChI=1S/C23H26ClN3O3S/c24-17-22(28)30-16-15-29-14-13-26-9-11-27(12-10-26)23-18-5-1-3-7-20(18)31-21-8-4-2-6-19(21)25-23/h1-8H,9-17H2. The van der Waals surface area contributed by atoms with Gasteiger partial charge < -0.3 is 14.4 Å². The number of rotatable bonds is 7. The van der Waals surface area contributed by atoms with E-state index < -0.39 is 5.97 Å². The van der Waals surface area contributed by atoms with Gasteiger partial charge >= 0.3 is 5.97 Å². The minimum Gasteiger partial charge on any atom is -0.462 e. The summed E-state index contributed by atoms with van der Waals surface area (Å²) < 4.78 is 10.5. The molecule has 2 aromatic rings. The molecule has 0 atom stereocenters. The molecule has 2 heterocycles. The molecule has 0 spiro atoms. The maximum Gasteiger partial charge on any atom is 0.320 e. The van der Waals surface area contributed by atoms with Gasteiger partial charge in [-0.15, -0.1) is 11.6 Å². The summed E-state index contributed by atoms with van der Waals surface area (Å²) in [6, 6.07) is 16.9. The van der Waals surface area contributed by atoms with E-state index in [4.69, 9.17) is 26.1 Å². The van der Waals surface area contributed by atoms with Gasteiger partial charge in [-0.1, -0.05) is 42.1 Å². The number of carbonyl (C=O) groups excluding carboxylic acids is 1. The van der Waals surface area contributed by atoms with E-state index in [0.29, 0.717) is 13.2 Å². The second-order valence-electron chi connectivity index (χ2n) is 7.30. The van der Waals surface area contributed by atoms with Gasteiger partial charge in [-0.3, -0.25) is 9.69 Å². The zero-order valence-corrected chi connectivity index (χ0v) is 18.9. The van der Waals surface area contributed by atoms with Crippen LogP contribution >= 0.6 is 23.4 Å². The van der Waals surface area contributed by atoms with E-state index in [2.05, 4.69) is 52.3 Å². The molecule has 1 saturated heterocycles. The lowest BCUT2D eigenvalue weighted by molar-refractivity contribution is -0.142. The molecule has 0 aromatic heterocycles. The Kier molecular flexibility index (Phi) is 7.86. The number of ether oxygens (including phenoxy) is 2. The number of fused-ring (bicyclic) bond motifs is 2. The summed E-state index contributed by atoms with van der Waals surface area (Å²) in [4.78, 5) is 23.3. The predicted molar refractivity (Wildman–Crippen MR) is 124 cm³/mol. The SMILES string of the molecule is O=C(CCl)OCCOCCN1CCN(C2=Nc3ccccc3Sc3ccccc32)CC1. The summed E-state index contributed by atoms with van der Waals surface area (Å²) >= 11 is 7.17. The predicted octanol–water partition coefficient (Wildman–Crippen LogP) is 3.65. The number of aliphatic imine (C=N–C) groups is 1. The fraction of sp³-hybridized carbons (Fsp3) is 0.391. The molecule has 0 bridgehead atoms. The van der Waals surface area contributed by atoms with Crippen molar-refractivity contribution in [3.8, 4) is 0 Å². The molecule has 2 aliphatic heterocycles. The lowest BCUT2D eigenvalue weighted by atomic mass is 10.1. The van der Waals surface area contributed by atoms with Crippen LogP contribution in [0.4, 0.5) is 5.69 Å². The lowest BCUT2D eigenvalue weighted by Crippen LogP contribution is -2.49. The Labute approximate surface area is 192 Å². The van der Waals surface area contributed by atoms with E-state index in [9.17, 15) is 4.79 Å². The number of benzene rings is 2. The van der Waals surface area contributed by atoms with Crippen molar-refractivity contribution in [2.45, 2.75) is 9.79 Å². The van der Waals surface area contributed by atoms with Gasteiger partial charge in [0, 0.05) is 48.1 Å². The van der Waals surface area contributed by atoms with Crippen molar-refractivity contribution < 1.29 is 14.3 Å². The van der Waals surface area contributed by atoms with Crippen molar-refractivity contribution in [3.05, 3.63) is 54.1 Å². The normalized spacial score (nSPS) is 16.2. The molecule has 0 amide bonds. The van der Waals surface area contributed by atoms with E-state index in [1.807, 2.05) is 6.07 Å². The van der Waals surface area contributed by atoms with E-state index in [1.54, 1.807) is 11.8 Å². The van der Waals surface area contributed by atoms with Crippen LogP contribution in [0.1, 0.15) is 5.56 Å². The molecule has 0 radical (unpaired) electrons. The van der Waals surface area contributed by atoms with Gasteiger partial charge in [-0.05, 0) is 18.2 Å². The number of nitrogens with zero attached hydrogens (tertiary/aromatic N) is 3. The molecule has 6 nitrogen and oxygen atoms in total. The first-order valence-electron chi connectivity index (χ1n) is 10.5. The molecule has 1 fully saturated rings. The van der Waals surface area contributed by atoms with Crippen LogP contribution < -0.4 is 0 Å². The van der Waals surface area contributed by atoms with Crippen molar-refractivity contribution in [3.63, 3.8) is 0 Å². The molecule has 0 aliphatic carbocycles. The van der Waals surface area contributed by atoms with Crippen molar-refractivity contribution in [1.29, 1.82) is 0 Å². The number of para-hydroxylation sites is 1. The molecule has 8 heteroatoms. The molecule has 164 valence electrons. The number of piperazine rings is 1. The summed E-state index contributed by atoms with van der Waals surface area (Å²) in [6.07, 6.45) is 0. The number of carbonyl (C=O) groups is 1. The third kappa shape index (κ3) is 5.80. The number of esters is 1. The molecular formula is C23H26ClN3O3S. The topological polar surface area (TPSA) is 54.4 Å². The molecule has 2 aliphatic rings. The Bertz CT molecular complexity index is 932. The first kappa shape index (κ1) is 22.1. The van der Waals surface area contributed by atoms with E-state index in [-0.39, 0.29) is 12.5 Å². The van der Waals surface area contributed by atoms with Gasteiger partial charge in [0.25, 0.3) is 0 Å². The summed E-state index contributed by atoms with van der Waals surface area (Å²) in [5.41, 5.74) is 2.23. The minimum atomic E-state index is -0.412. The third-order valence-electron chi connectivity index (χ3n) is 5.26. The fourth-order valence-electron chi connectivity index (χ4n) is 3.64. The summed E-state index contributed by atoms with van der Waals surface area (Å²) in [5.74, 6) is 0.528. The summed E-state index contributed by atoms with van der Waals surface area (Å²) in [5, 5.41) is 0. The van der Waals surface area contributed by atoms with Crippen LogP contribution in [0, 0.1) is 0 Å². The molecule has 31 heavy (non-hydrogen) atoms. The molecule has 0 N–H and O–H groups in total. The number of amidine groups is 1. The molecule has 4 rings (SSSR count). The van der Waals surface area contributed by atoms with E-state index in [0.717, 1.165) is 44.2 Å². The molecule has 0 unspecified atom stereocenters. The first-order valence-corrected chi connectivity index (χ1v) is 11.8. The average molecular weight is 460 g/mol. The molecule has 2 aromatic carbocycles. The first-order chi connectivity index (χ1) is 15.2. The summed E-state index contributed by atoms with van der Waals surface area (Å²) in [7, 11) is 0. The number of hydrogen-bond donors (Lipinski definition) is 0. The van der Waals surface area contributed by atoms with Crippen molar-refractivity contribution in [1.82, 2.24) is 9.80 Å². The Morgan fingerprint density at radius 2 is 1.71 bits per heavy atom. The van der Waals surface area contributed by atoms with Crippen LogP contribution in [0.15, 0.2) is 63.3 Å². The van der Waals surface area contributed by atoms with Crippen LogP contribution in [-0.4, -0.2) is 80.0 Å². The number of alkyl halides is 1. The largest absolute Gasteiger partial charge is 0.462 e. The fourth-order valence-corrected chi connectivity index (χ4v) is 4.74. The Hall–Kier alpha value is -2.06. The quantitative estimate of drug-likeness (QED) is 0.358. The average Bonchev–Trinajstić information content (AvgIpc) is 2.98. The third-order valence-corrected chi connectivity index (χ3v) is 6.62. The smallest absolute Gasteiger partial charge is 0.320 e. The summed E-state index contributed by atoms with van der Waals surface area (Å²) in [6.45, 7) is 5.89. The van der Waals surface area contributed by atoms with Crippen molar-refractivity contribution in [2.75, 3.05) is 58.4 Å². The van der Waals surface area contributed by atoms with Crippen LogP contribution in [-0.2, 0) is 14.3 Å². The maximum atomic E-state index is 11.0. The molecule has 0 saturated carbocycles. The number of hydrogen-bond acceptors (Lipinski definition) is 7. The highest BCUT2D eigenvalue weighted by atomic mass is 35.5. The van der Waals surface area contributed by atoms with Gasteiger partial charge in [0.2, 0.25) is 0 Å². The van der Waals surface area contributed by atoms with Crippen LogP contribution in [0.3, 0.4) is 0 Å². The second kappa shape index (κ2) is 11.0. The monoisotopic (exact) mass is 459 g/mol. The highest BCUT2D eigenvalue weighted by molar-refractivity contribution is 7.99. The van der Waals surface area contributed by atoms with Crippen LogP contribution in [0.5, 0.6) is 0 Å². The zero-order chi connectivity index (χ0) is 21.5. The number of halogens is 1. The molecular weight excluding hydrogens is 434 g/mol.